The van der Waals surface area contributed by atoms with Gasteiger partial charge in [-0.1, -0.05) is 54.6 Å². The maximum Gasteiger partial charge on any atom is 0.240 e. The summed E-state index contributed by atoms with van der Waals surface area (Å²) in [5.74, 6) is 0.000503. The predicted octanol–water partition coefficient (Wildman–Crippen LogP) is 1.58. The summed E-state index contributed by atoms with van der Waals surface area (Å²) in [6, 6.07) is 17.7. The number of nitrogens with two attached hydrogens (primary N) is 1. The average Bonchev–Trinajstić information content (AvgIpc) is 2.71. The second-order valence-electron chi connectivity index (χ2n) is 7.61. The maximum absolute atomic E-state index is 13.0. The van der Waals surface area contributed by atoms with Crippen molar-refractivity contribution in [2.75, 3.05) is 13.1 Å². The van der Waals surface area contributed by atoms with E-state index >= 15 is 0 Å². The number of carbonyl (C=O) groups excluding carboxylic acids is 2. The summed E-state index contributed by atoms with van der Waals surface area (Å²) < 4.78 is 0. The van der Waals surface area contributed by atoms with E-state index in [9.17, 15) is 9.59 Å². The zero-order valence-corrected chi connectivity index (χ0v) is 16.9. The van der Waals surface area contributed by atoms with Crippen LogP contribution < -0.4 is 16.4 Å². The van der Waals surface area contributed by atoms with E-state index in [1.54, 1.807) is 0 Å². The van der Waals surface area contributed by atoms with Crippen molar-refractivity contribution in [1.29, 1.82) is 0 Å². The summed E-state index contributed by atoms with van der Waals surface area (Å²) in [7, 11) is 0. The Morgan fingerprint density at radius 1 is 1.17 bits per heavy atom. The third-order valence-corrected chi connectivity index (χ3v) is 5.24. The van der Waals surface area contributed by atoms with Gasteiger partial charge in [-0.05, 0) is 29.5 Å². The fourth-order valence-electron chi connectivity index (χ4n) is 3.87. The van der Waals surface area contributed by atoms with Crippen LogP contribution in [-0.2, 0) is 29.1 Å². The molecule has 0 unspecified atom stereocenters. The number of nitrogens with one attached hydrogen (secondary N) is 2. The van der Waals surface area contributed by atoms with Crippen LogP contribution in [0.5, 0.6) is 0 Å². The molecule has 1 heterocycles. The Balaban J connectivity index is 1.67. The monoisotopic (exact) mass is 394 g/mol. The van der Waals surface area contributed by atoms with Gasteiger partial charge >= 0.3 is 0 Å². The molecule has 0 aromatic heterocycles. The quantitative estimate of drug-likeness (QED) is 0.634. The Bertz CT molecular complexity index is 825. The number of carbonyl (C=O) groups is 2. The van der Waals surface area contributed by atoms with Crippen LogP contribution in [0.25, 0.3) is 0 Å². The Hall–Kier alpha value is -2.70. The molecule has 6 nitrogen and oxygen atoms in total. The van der Waals surface area contributed by atoms with Crippen molar-refractivity contribution in [1.82, 2.24) is 15.5 Å². The second-order valence-corrected chi connectivity index (χ2v) is 7.61. The van der Waals surface area contributed by atoms with Crippen molar-refractivity contribution in [3.63, 3.8) is 0 Å². The third-order valence-electron chi connectivity index (χ3n) is 5.24. The first-order chi connectivity index (χ1) is 14.0. The summed E-state index contributed by atoms with van der Waals surface area (Å²) in [5, 5.41) is 6.35. The van der Waals surface area contributed by atoms with Gasteiger partial charge in [-0.25, -0.2) is 0 Å². The molecule has 29 heavy (non-hydrogen) atoms. The summed E-state index contributed by atoms with van der Waals surface area (Å²) in [6.07, 6.45) is 1.22. The molecular weight excluding hydrogens is 364 g/mol. The minimum atomic E-state index is -0.304. The summed E-state index contributed by atoms with van der Waals surface area (Å²) >= 11 is 0. The molecule has 0 saturated carbocycles. The van der Waals surface area contributed by atoms with Crippen molar-refractivity contribution in [2.45, 2.75) is 44.9 Å². The number of rotatable bonds is 8. The van der Waals surface area contributed by atoms with Gasteiger partial charge in [0.15, 0.2) is 0 Å². The fraction of sp³-hybridized carbons (Fsp3) is 0.391. The van der Waals surface area contributed by atoms with Gasteiger partial charge < -0.3 is 21.3 Å². The third kappa shape index (κ3) is 6.14. The van der Waals surface area contributed by atoms with Crippen molar-refractivity contribution in [3.8, 4) is 0 Å². The van der Waals surface area contributed by atoms with Crippen LogP contribution >= 0.6 is 0 Å². The van der Waals surface area contributed by atoms with E-state index in [2.05, 4.69) is 16.7 Å². The molecule has 6 heteroatoms. The van der Waals surface area contributed by atoms with Crippen molar-refractivity contribution >= 4 is 11.8 Å². The fourth-order valence-corrected chi connectivity index (χ4v) is 3.87. The molecule has 0 aliphatic carbocycles. The second kappa shape index (κ2) is 10.2. The molecule has 1 saturated heterocycles. The molecule has 0 radical (unpaired) electrons. The van der Waals surface area contributed by atoms with Gasteiger partial charge in [-0.15, -0.1) is 0 Å². The van der Waals surface area contributed by atoms with E-state index < -0.39 is 0 Å². The van der Waals surface area contributed by atoms with Crippen LogP contribution in [0.3, 0.4) is 0 Å². The average molecular weight is 395 g/mol. The lowest BCUT2D eigenvalue weighted by Gasteiger charge is -2.35. The van der Waals surface area contributed by atoms with E-state index in [0.29, 0.717) is 32.5 Å². The SMILES string of the molecule is CC(=O)N[C@@H](Cc1cccc(CN)c1)C[C@@H]1NCCN(Cc2ccccc2)C1=O. The number of amides is 2. The molecule has 2 aromatic rings. The molecule has 0 spiro atoms. The Labute approximate surface area is 172 Å². The number of piperazine rings is 1. The normalized spacial score (nSPS) is 17.8. The summed E-state index contributed by atoms with van der Waals surface area (Å²) in [4.78, 5) is 26.7. The van der Waals surface area contributed by atoms with Crippen molar-refractivity contribution in [2.24, 2.45) is 5.73 Å². The first-order valence-corrected chi connectivity index (χ1v) is 10.2. The molecule has 0 bridgehead atoms. The lowest BCUT2D eigenvalue weighted by Crippen LogP contribution is -2.56. The van der Waals surface area contributed by atoms with E-state index in [4.69, 9.17) is 5.73 Å². The van der Waals surface area contributed by atoms with Gasteiger partial charge in [0.05, 0.1) is 6.04 Å². The van der Waals surface area contributed by atoms with E-state index in [1.165, 1.54) is 6.92 Å². The van der Waals surface area contributed by atoms with E-state index in [0.717, 1.165) is 23.2 Å². The summed E-state index contributed by atoms with van der Waals surface area (Å²) in [5.41, 5.74) is 9.04. The standard InChI is InChI=1S/C23H30N4O2/c1-17(28)26-21(13-19-8-5-9-20(12-19)15-24)14-22-23(29)27(11-10-25-22)16-18-6-3-2-4-7-18/h2-9,12,21-22,25H,10-11,13-16,24H2,1H3,(H,26,28)/t21-,22-/m0/s1. The first kappa shape index (κ1) is 21.0. The van der Waals surface area contributed by atoms with Crippen LogP contribution in [0.4, 0.5) is 0 Å². The molecule has 2 aromatic carbocycles. The van der Waals surface area contributed by atoms with Crippen LogP contribution in [-0.4, -0.2) is 41.9 Å². The van der Waals surface area contributed by atoms with Gasteiger partial charge in [-0.3, -0.25) is 9.59 Å². The van der Waals surface area contributed by atoms with Crippen molar-refractivity contribution in [3.05, 3.63) is 71.3 Å². The van der Waals surface area contributed by atoms with Gasteiger partial charge in [0.25, 0.3) is 0 Å². The van der Waals surface area contributed by atoms with Crippen LogP contribution in [0.2, 0.25) is 0 Å². The highest BCUT2D eigenvalue weighted by atomic mass is 16.2. The highest BCUT2D eigenvalue weighted by Crippen LogP contribution is 2.15. The highest BCUT2D eigenvalue weighted by molar-refractivity contribution is 5.83. The minimum Gasteiger partial charge on any atom is -0.353 e. The minimum absolute atomic E-state index is 0.0885. The van der Waals surface area contributed by atoms with E-state index in [-0.39, 0.29) is 23.9 Å². The smallest absolute Gasteiger partial charge is 0.240 e. The molecule has 1 aliphatic rings. The zero-order chi connectivity index (χ0) is 20.6. The maximum atomic E-state index is 13.0. The predicted molar refractivity (Wildman–Crippen MR) is 114 cm³/mol. The van der Waals surface area contributed by atoms with Gasteiger partial charge in [0.1, 0.15) is 0 Å². The molecule has 1 fully saturated rings. The molecule has 2 amide bonds. The zero-order valence-electron chi connectivity index (χ0n) is 16.9. The van der Waals surface area contributed by atoms with Crippen LogP contribution in [0.15, 0.2) is 54.6 Å². The van der Waals surface area contributed by atoms with Gasteiger partial charge in [-0.2, -0.15) is 0 Å². The highest BCUT2D eigenvalue weighted by Gasteiger charge is 2.30. The lowest BCUT2D eigenvalue weighted by molar-refractivity contribution is -0.137. The first-order valence-electron chi connectivity index (χ1n) is 10.2. The topological polar surface area (TPSA) is 87.5 Å². The molecule has 4 N–H and O–H groups in total. The van der Waals surface area contributed by atoms with E-state index in [1.807, 2.05) is 53.4 Å². The van der Waals surface area contributed by atoms with Gasteiger partial charge in [0, 0.05) is 39.1 Å². The summed E-state index contributed by atoms with van der Waals surface area (Å²) in [6.45, 7) is 4.05. The molecule has 1 aliphatic heterocycles. The molecular formula is C23H30N4O2. The number of hydrogen-bond donors (Lipinski definition) is 3. The number of hydrogen-bond acceptors (Lipinski definition) is 4. The van der Waals surface area contributed by atoms with Crippen molar-refractivity contribution < 1.29 is 9.59 Å². The molecule has 2 atom stereocenters. The number of nitrogens with zero attached hydrogens (tertiary/aromatic N) is 1. The largest absolute Gasteiger partial charge is 0.353 e. The van der Waals surface area contributed by atoms with Gasteiger partial charge in [0.2, 0.25) is 11.8 Å². The lowest BCUT2D eigenvalue weighted by atomic mass is 9.96. The number of benzene rings is 2. The molecule has 154 valence electrons. The Morgan fingerprint density at radius 2 is 1.90 bits per heavy atom. The Morgan fingerprint density at radius 3 is 2.62 bits per heavy atom. The Kier molecular flexibility index (Phi) is 7.38. The van der Waals surface area contributed by atoms with Crippen LogP contribution in [0.1, 0.15) is 30.0 Å². The van der Waals surface area contributed by atoms with Crippen LogP contribution in [0, 0.1) is 0 Å². The molecule has 3 rings (SSSR count).